The number of fused-ring (bicyclic) bond motifs is 1. The molecule has 11 nitrogen and oxygen atoms in total. The summed E-state index contributed by atoms with van der Waals surface area (Å²) in [4.78, 5) is 31.3. The van der Waals surface area contributed by atoms with Crippen LogP contribution in [0.3, 0.4) is 0 Å². The second kappa shape index (κ2) is 13.6. The highest BCUT2D eigenvalue weighted by Crippen LogP contribution is 2.28. The molecule has 4 rings (SSSR count). The topological polar surface area (TPSA) is 135 Å². The molecule has 1 aromatic heterocycles. The number of amides is 2. The monoisotopic (exact) mass is 634 g/mol. The minimum Gasteiger partial charge on any atom is -0.495 e. The molecule has 3 aromatic rings. The summed E-state index contributed by atoms with van der Waals surface area (Å²) in [6.07, 6.45) is -1.15. The second-order valence-corrected chi connectivity index (χ2v) is 12.4. The first-order chi connectivity index (χ1) is 20.8. The van der Waals surface area contributed by atoms with Crippen LogP contribution in [0, 0.1) is 11.8 Å². The van der Waals surface area contributed by atoms with Gasteiger partial charge in [-0.3, -0.25) is 14.5 Å². The van der Waals surface area contributed by atoms with E-state index in [2.05, 4.69) is 32.8 Å². The Balaban J connectivity index is 1.54. The summed E-state index contributed by atoms with van der Waals surface area (Å²) in [6, 6.07) is 7.13. The van der Waals surface area contributed by atoms with E-state index in [-0.39, 0.29) is 46.5 Å². The number of aromatic nitrogens is 2. The van der Waals surface area contributed by atoms with Crippen molar-refractivity contribution in [3.63, 3.8) is 0 Å². The number of benzene rings is 2. The number of nitrogens with one attached hydrogen (secondary N) is 3. The summed E-state index contributed by atoms with van der Waals surface area (Å²) in [5.74, 6) is 5.50. The van der Waals surface area contributed by atoms with Crippen LogP contribution in [0.4, 0.5) is 18.9 Å². The van der Waals surface area contributed by atoms with E-state index in [1.807, 2.05) is 4.90 Å². The van der Waals surface area contributed by atoms with Gasteiger partial charge in [0.25, 0.3) is 5.91 Å². The lowest BCUT2D eigenvalue weighted by atomic mass is 10.0. The number of likely N-dealkylation sites (N-methyl/N-ethyl adjacent to an activating group) is 1. The molecule has 2 aromatic carbocycles. The number of hydrogen-bond acceptors (Lipinski definition) is 8. The number of imidazole rings is 1. The van der Waals surface area contributed by atoms with Crippen molar-refractivity contribution in [1.82, 2.24) is 25.1 Å². The Hall–Kier alpha value is -4.29. The van der Waals surface area contributed by atoms with Crippen molar-refractivity contribution in [3.8, 4) is 17.6 Å². The lowest BCUT2D eigenvalue weighted by molar-refractivity contribution is -0.140. The predicted molar refractivity (Wildman–Crippen MR) is 158 cm³/mol. The Morgan fingerprint density at radius 1 is 1.16 bits per heavy atom. The summed E-state index contributed by atoms with van der Waals surface area (Å²) < 4.78 is 69.7. The molecule has 236 valence electrons. The Morgan fingerprint density at radius 3 is 2.52 bits per heavy atom. The van der Waals surface area contributed by atoms with Crippen LogP contribution in [-0.4, -0.2) is 93.5 Å². The van der Waals surface area contributed by atoms with Gasteiger partial charge in [0.1, 0.15) is 17.8 Å². The van der Waals surface area contributed by atoms with Crippen LogP contribution in [0.2, 0.25) is 0 Å². The summed E-state index contributed by atoms with van der Waals surface area (Å²) >= 11 is 0. The Bertz CT molecular complexity index is 1700. The van der Waals surface area contributed by atoms with Crippen LogP contribution in [-0.2, 0) is 21.2 Å². The Kier molecular flexibility index (Phi) is 10.1. The molecule has 0 bridgehead atoms. The van der Waals surface area contributed by atoms with Crippen molar-refractivity contribution in [3.05, 3.63) is 47.8 Å². The zero-order chi connectivity index (χ0) is 32.1. The SMILES string of the molecule is CNC(=O)CN1CCC(NC(=O)c2cc(C#CCNc3ccc(S(C)(=O)=O)cc3OC)cc3c2ncn3CC(F)(F)F)CC1. The molecule has 1 aliphatic rings. The average Bonchev–Trinajstić information content (AvgIpc) is 3.36. The first-order valence-electron chi connectivity index (χ1n) is 13.7. The highest BCUT2D eigenvalue weighted by molar-refractivity contribution is 7.90. The minimum absolute atomic E-state index is 0.0879. The van der Waals surface area contributed by atoms with E-state index in [1.165, 1.54) is 31.4 Å². The molecule has 1 aliphatic heterocycles. The number of hydrogen-bond donors (Lipinski definition) is 3. The fourth-order valence-electron chi connectivity index (χ4n) is 4.84. The highest BCUT2D eigenvalue weighted by Gasteiger charge is 2.30. The molecule has 0 saturated carbocycles. The zero-order valence-corrected chi connectivity index (χ0v) is 25.2. The third kappa shape index (κ3) is 8.42. The molecule has 15 heteroatoms. The van der Waals surface area contributed by atoms with Crippen LogP contribution in [0.25, 0.3) is 11.0 Å². The van der Waals surface area contributed by atoms with Gasteiger partial charge in [-0.25, -0.2) is 13.4 Å². The molecule has 1 fully saturated rings. The maximum atomic E-state index is 13.4. The van der Waals surface area contributed by atoms with Crippen LogP contribution < -0.4 is 20.7 Å². The van der Waals surface area contributed by atoms with E-state index in [0.717, 1.165) is 17.2 Å². The van der Waals surface area contributed by atoms with E-state index in [9.17, 15) is 31.2 Å². The van der Waals surface area contributed by atoms with Gasteiger partial charge in [0.15, 0.2) is 9.84 Å². The number of methoxy groups -OCH3 is 1. The summed E-state index contributed by atoms with van der Waals surface area (Å²) in [5, 5.41) is 8.58. The van der Waals surface area contributed by atoms with Crippen molar-refractivity contribution in [2.45, 2.75) is 36.5 Å². The molecule has 1 saturated heterocycles. The quantitative estimate of drug-likeness (QED) is 0.306. The van der Waals surface area contributed by atoms with E-state index >= 15 is 0 Å². The maximum absolute atomic E-state index is 13.4. The van der Waals surface area contributed by atoms with Crippen LogP contribution in [0.5, 0.6) is 5.75 Å². The molecular formula is C29H33F3N6O5S. The van der Waals surface area contributed by atoms with Gasteiger partial charge < -0.3 is 25.3 Å². The van der Waals surface area contributed by atoms with Gasteiger partial charge in [0, 0.05) is 44.1 Å². The van der Waals surface area contributed by atoms with Gasteiger partial charge in [-0.05, 0) is 37.1 Å². The van der Waals surface area contributed by atoms with Crippen molar-refractivity contribution in [1.29, 1.82) is 0 Å². The van der Waals surface area contributed by atoms with Crippen LogP contribution >= 0.6 is 0 Å². The largest absolute Gasteiger partial charge is 0.495 e. The van der Waals surface area contributed by atoms with Gasteiger partial charge in [-0.2, -0.15) is 13.2 Å². The second-order valence-electron chi connectivity index (χ2n) is 10.4. The molecule has 0 atom stereocenters. The predicted octanol–water partition coefficient (Wildman–Crippen LogP) is 2.41. The molecule has 44 heavy (non-hydrogen) atoms. The summed E-state index contributed by atoms with van der Waals surface area (Å²) in [6.45, 7) is 0.284. The minimum atomic E-state index is -4.50. The smallest absolute Gasteiger partial charge is 0.406 e. The Labute approximate surface area is 253 Å². The number of sulfone groups is 1. The molecule has 2 heterocycles. The molecule has 0 unspecified atom stereocenters. The van der Waals surface area contributed by atoms with Crippen LogP contribution in [0.1, 0.15) is 28.8 Å². The molecule has 0 spiro atoms. The van der Waals surface area contributed by atoms with E-state index in [1.54, 1.807) is 13.1 Å². The van der Waals surface area contributed by atoms with Gasteiger partial charge in [-0.1, -0.05) is 11.8 Å². The van der Waals surface area contributed by atoms with Gasteiger partial charge in [0.2, 0.25) is 5.91 Å². The number of piperidine rings is 1. The number of nitrogens with zero attached hydrogens (tertiary/aromatic N) is 3. The molecule has 0 radical (unpaired) electrons. The summed E-state index contributed by atoms with van der Waals surface area (Å²) in [5.41, 5.74) is 1.16. The van der Waals surface area contributed by atoms with Crippen LogP contribution in [0.15, 0.2) is 41.6 Å². The third-order valence-electron chi connectivity index (χ3n) is 7.09. The number of likely N-dealkylation sites (tertiary alicyclic amines) is 1. The molecular weight excluding hydrogens is 601 g/mol. The van der Waals surface area contributed by atoms with Gasteiger partial charge in [0.05, 0.1) is 48.2 Å². The van der Waals surface area contributed by atoms with Crippen molar-refractivity contribution in [2.24, 2.45) is 0 Å². The summed E-state index contributed by atoms with van der Waals surface area (Å²) in [7, 11) is -0.463. The molecule has 0 aliphatic carbocycles. The lowest BCUT2D eigenvalue weighted by Gasteiger charge is -2.31. The van der Waals surface area contributed by atoms with E-state index < -0.39 is 28.5 Å². The average molecular weight is 635 g/mol. The first-order valence-corrected chi connectivity index (χ1v) is 15.6. The third-order valence-corrected chi connectivity index (χ3v) is 8.20. The maximum Gasteiger partial charge on any atom is 0.406 e. The molecule has 2 amide bonds. The zero-order valence-electron chi connectivity index (χ0n) is 24.4. The lowest BCUT2D eigenvalue weighted by Crippen LogP contribution is -2.47. The van der Waals surface area contributed by atoms with Crippen molar-refractivity contribution < 1.29 is 35.9 Å². The normalized spacial score (nSPS) is 14.5. The van der Waals surface area contributed by atoms with Gasteiger partial charge >= 0.3 is 6.18 Å². The fourth-order valence-corrected chi connectivity index (χ4v) is 5.48. The number of halogens is 3. The number of rotatable bonds is 9. The Morgan fingerprint density at radius 2 is 1.89 bits per heavy atom. The molecule has 3 N–H and O–H groups in total. The number of alkyl halides is 3. The van der Waals surface area contributed by atoms with Crippen molar-refractivity contribution >= 4 is 38.4 Å². The van der Waals surface area contributed by atoms with Crippen molar-refractivity contribution in [2.75, 3.05) is 51.9 Å². The highest BCUT2D eigenvalue weighted by atomic mass is 32.2. The number of ether oxygens (including phenoxy) is 1. The fraction of sp³-hybridized carbons (Fsp3) is 0.414. The van der Waals surface area contributed by atoms with Gasteiger partial charge in [-0.15, -0.1) is 0 Å². The van der Waals surface area contributed by atoms with E-state index in [0.29, 0.717) is 42.9 Å². The van der Waals surface area contributed by atoms with E-state index in [4.69, 9.17) is 4.74 Å². The number of anilines is 1. The number of carbonyl (C=O) groups excluding carboxylic acids is 2. The standard InChI is InChI=1S/C29H33F3N6O5S/c1-33-26(39)16-37-11-8-20(9-12-37)36-28(40)22-13-19(14-24-27(22)35-18-38(24)17-29(30,31)32)5-4-10-34-23-7-6-21(44(3,41)42)15-25(23)43-2/h6-7,13-15,18,20,34H,8-12,16-17H2,1-3H3,(H,33,39)(H,36,40). The first kappa shape index (κ1) is 32.6. The number of carbonyl (C=O) groups is 2.